The average molecular weight is 607 g/mol. The summed E-state index contributed by atoms with van der Waals surface area (Å²) in [4.78, 5) is 30.3. The molecule has 2 heterocycles. The van der Waals surface area contributed by atoms with Gasteiger partial charge in [-0.2, -0.15) is 5.10 Å². The number of sulfone groups is 1. The Balaban J connectivity index is 1.72. The van der Waals surface area contributed by atoms with E-state index in [0.29, 0.717) is 16.3 Å². The Morgan fingerprint density at radius 2 is 1.69 bits per heavy atom. The fourth-order valence-electron chi connectivity index (χ4n) is 3.85. The molecule has 0 spiro atoms. The topological polar surface area (TPSA) is 123 Å². The van der Waals surface area contributed by atoms with E-state index in [2.05, 4.69) is 20.7 Å². The third-order valence-corrected chi connectivity index (χ3v) is 8.46. The van der Waals surface area contributed by atoms with Crippen LogP contribution in [0.2, 0.25) is 15.1 Å². The van der Waals surface area contributed by atoms with Crippen LogP contribution in [0.3, 0.4) is 0 Å². The minimum atomic E-state index is -3.74. The molecule has 13 heteroatoms. The van der Waals surface area contributed by atoms with Crippen LogP contribution in [-0.4, -0.2) is 47.8 Å². The van der Waals surface area contributed by atoms with E-state index in [1.54, 1.807) is 37.3 Å². The van der Waals surface area contributed by atoms with Gasteiger partial charge in [-0.3, -0.25) is 9.59 Å². The molecule has 39 heavy (non-hydrogen) atoms. The van der Waals surface area contributed by atoms with Gasteiger partial charge in [-0.05, 0) is 55.0 Å². The van der Waals surface area contributed by atoms with Crippen molar-refractivity contribution in [2.24, 2.45) is 0 Å². The Morgan fingerprint density at radius 1 is 0.974 bits per heavy atom. The van der Waals surface area contributed by atoms with Crippen LogP contribution in [0.25, 0.3) is 5.82 Å². The zero-order chi connectivity index (χ0) is 28.3. The van der Waals surface area contributed by atoms with Gasteiger partial charge in [0, 0.05) is 24.7 Å². The summed E-state index contributed by atoms with van der Waals surface area (Å²) in [6, 6.07) is 13.9. The molecule has 0 saturated heterocycles. The zero-order valence-corrected chi connectivity index (χ0v) is 23.8. The molecule has 2 aromatic carbocycles. The van der Waals surface area contributed by atoms with Crippen molar-refractivity contribution >= 4 is 62.1 Å². The maximum atomic E-state index is 13.6. The van der Waals surface area contributed by atoms with E-state index < -0.39 is 21.7 Å². The molecule has 0 aliphatic rings. The molecule has 0 radical (unpaired) electrons. The number of amides is 2. The first-order valence-electron chi connectivity index (χ1n) is 11.5. The van der Waals surface area contributed by atoms with Crippen LogP contribution in [0.15, 0.2) is 65.7 Å². The van der Waals surface area contributed by atoms with E-state index in [1.165, 1.54) is 42.2 Å². The molecule has 0 aliphatic heterocycles. The second kappa shape index (κ2) is 11.7. The van der Waals surface area contributed by atoms with Crippen molar-refractivity contribution in [2.45, 2.75) is 18.2 Å². The van der Waals surface area contributed by atoms with Gasteiger partial charge in [0.15, 0.2) is 15.7 Å². The van der Waals surface area contributed by atoms with Gasteiger partial charge in [0.25, 0.3) is 11.8 Å². The van der Waals surface area contributed by atoms with Gasteiger partial charge in [0.05, 0.1) is 37.6 Å². The highest BCUT2D eigenvalue weighted by Gasteiger charge is 2.24. The molecule has 2 amide bonds. The quantitative estimate of drug-likeness (QED) is 0.286. The smallest absolute Gasteiger partial charge is 0.274 e. The van der Waals surface area contributed by atoms with Crippen molar-refractivity contribution in [3.63, 3.8) is 0 Å². The van der Waals surface area contributed by atoms with Crippen LogP contribution in [0.1, 0.15) is 32.1 Å². The molecule has 0 fully saturated rings. The number of benzene rings is 2. The lowest BCUT2D eigenvalue weighted by Crippen LogP contribution is -2.23. The molecule has 0 atom stereocenters. The number of carbonyl (C=O) groups excluding carboxylic acids is 2. The Hall–Kier alpha value is -3.44. The fraction of sp³-hybridized carbons (Fsp3) is 0.154. The highest BCUT2D eigenvalue weighted by atomic mass is 35.5. The Kier molecular flexibility index (Phi) is 8.60. The van der Waals surface area contributed by atoms with Gasteiger partial charge in [0.2, 0.25) is 0 Å². The van der Waals surface area contributed by atoms with E-state index in [4.69, 9.17) is 34.8 Å². The van der Waals surface area contributed by atoms with Crippen molar-refractivity contribution in [3.8, 4) is 5.82 Å². The first-order chi connectivity index (χ1) is 18.5. The van der Waals surface area contributed by atoms with Crippen LogP contribution in [0.4, 0.5) is 5.69 Å². The van der Waals surface area contributed by atoms with E-state index in [1.807, 2.05) is 0 Å². The van der Waals surface area contributed by atoms with Gasteiger partial charge >= 0.3 is 0 Å². The summed E-state index contributed by atoms with van der Waals surface area (Å²) in [5.41, 5.74) is 1.31. The maximum absolute atomic E-state index is 13.6. The molecule has 0 unspecified atom stereocenters. The number of hydrogen-bond donors (Lipinski definition) is 2. The highest BCUT2D eigenvalue weighted by Crippen LogP contribution is 2.28. The predicted molar refractivity (Wildman–Crippen MR) is 151 cm³/mol. The number of nitrogens with one attached hydrogen (secondary N) is 2. The molecule has 202 valence electrons. The molecular formula is C26H22Cl3N5O4S. The predicted octanol–water partition coefficient (Wildman–Crippen LogP) is 5.16. The monoisotopic (exact) mass is 605 g/mol. The SMILES string of the molecule is CNC(=O)c1cc(Cl)cc(C)c1NC(=O)c1cc(CCS(=O)(=O)c2ccccc2Cl)nn1-c1ncccc1Cl. The Labute approximate surface area is 240 Å². The van der Waals surface area contributed by atoms with Gasteiger partial charge in [-0.15, -0.1) is 0 Å². The second-order valence-corrected chi connectivity index (χ2v) is 11.7. The van der Waals surface area contributed by atoms with E-state index in [-0.39, 0.29) is 49.9 Å². The van der Waals surface area contributed by atoms with Gasteiger partial charge in [-0.1, -0.05) is 46.9 Å². The summed E-state index contributed by atoms with van der Waals surface area (Å²) in [5, 5.41) is 10.4. The fourth-order valence-corrected chi connectivity index (χ4v) is 6.17. The first-order valence-corrected chi connectivity index (χ1v) is 14.3. The van der Waals surface area contributed by atoms with Crippen LogP contribution >= 0.6 is 34.8 Å². The Bertz CT molecular complexity index is 1690. The maximum Gasteiger partial charge on any atom is 0.274 e. The summed E-state index contributed by atoms with van der Waals surface area (Å²) in [5.74, 6) is -1.20. The van der Waals surface area contributed by atoms with Crippen LogP contribution in [-0.2, 0) is 16.3 Å². The lowest BCUT2D eigenvalue weighted by molar-refractivity contribution is 0.0964. The Morgan fingerprint density at radius 3 is 2.38 bits per heavy atom. The highest BCUT2D eigenvalue weighted by molar-refractivity contribution is 7.91. The zero-order valence-electron chi connectivity index (χ0n) is 20.7. The number of pyridine rings is 1. The summed E-state index contributed by atoms with van der Waals surface area (Å²) in [6.07, 6.45) is 1.47. The normalized spacial score (nSPS) is 11.3. The third-order valence-electron chi connectivity index (χ3n) is 5.74. The first kappa shape index (κ1) is 28.6. The standard InChI is InChI=1S/C26H22Cl3N5O4S/c1-15-12-16(27)13-18(25(35)30-2)23(15)32-26(36)21-14-17(33-34(21)24-20(29)7-5-10-31-24)9-11-39(37,38)22-8-4-3-6-19(22)28/h3-8,10,12-14H,9,11H2,1-2H3,(H,30,35)(H,32,36). The lowest BCUT2D eigenvalue weighted by atomic mass is 10.1. The molecule has 4 rings (SSSR count). The number of aryl methyl sites for hydroxylation is 2. The van der Waals surface area contributed by atoms with Crippen LogP contribution < -0.4 is 10.6 Å². The lowest BCUT2D eigenvalue weighted by Gasteiger charge is -2.14. The number of hydrogen-bond acceptors (Lipinski definition) is 6. The van der Waals surface area contributed by atoms with Crippen molar-refractivity contribution in [3.05, 3.63) is 98.4 Å². The van der Waals surface area contributed by atoms with Crippen molar-refractivity contribution in [1.82, 2.24) is 20.1 Å². The second-order valence-electron chi connectivity index (χ2n) is 8.42. The van der Waals surface area contributed by atoms with Gasteiger partial charge in [-0.25, -0.2) is 18.1 Å². The minimum Gasteiger partial charge on any atom is -0.355 e. The largest absolute Gasteiger partial charge is 0.355 e. The van der Waals surface area contributed by atoms with Crippen LogP contribution in [0, 0.1) is 6.92 Å². The molecular weight excluding hydrogens is 585 g/mol. The molecule has 0 saturated carbocycles. The number of rotatable bonds is 8. The molecule has 9 nitrogen and oxygen atoms in total. The van der Waals surface area contributed by atoms with Crippen molar-refractivity contribution < 1.29 is 18.0 Å². The number of halogens is 3. The average Bonchev–Trinajstić information content (AvgIpc) is 3.33. The van der Waals surface area contributed by atoms with Gasteiger partial charge < -0.3 is 10.6 Å². The van der Waals surface area contributed by atoms with Crippen LogP contribution in [0.5, 0.6) is 0 Å². The van der Waals surface area contributed by atoms with Crippen molar-refractivity contribution in [1.29, 1.82) is 0 Å². The number of nitrogens with zero attached hydrogens (tertiary/aromatic N) is 3. The molecule has 0 bridgehead atoms. The van der Waals surface area contributed by atoms with Crippen molar-refractivity contribution in [2.75, 3.05) is 18.1 Å². The summed E-state index contributed by atoms with van der Waals surface area (Å²) < 4.78 is 27.1. The number of aromatic nitrogens is 3. The van der Waals surface area contributed by atoms with E-state index >= 15 is 0 Å². The number of carbonyl (C=O) groups is 2. The molecule has 0 aliphatic carbocycles. The minimum absolute atomic E-state index is 0.0109. The summed E-state index contributed by atoms with van der Waals surface area (Å²) in [6.45, 7) is 1.70. The molecule has 2 N–H and O–H groups in total. The third kappa shape index (κ3) is 6.25. The summed E-state index contributed by atoms with van der Waals surface area (Å²) >= 11 is 18.6. The van der Waals surface area contributed by atoms with Gasteiger partial charge in [0.1, 0.15) is 5.69 Å². The molecule has 2 aromatic heterocycles. The van der Waals surface area contributed by atoms with E-state index in [9.17, 15) is 18.0 Å². The van der Waals surface area contributed by atoms with E-state index in [0.717, 1.165) is 0 Å². The summed E-state index contributed by atoms with van der Waals surface area (Å²) in [7, 11) is -2.28. The molecule has 4 aromatic rings. The number of anilines is 1.